The summed E-state index contributed by atoms with van der Waals surface area (Å²) in [6, 6.07) is 12.0. The lowest BCUT2D eigenvalue weighted by atomic mass is 9.91. The van der Waals surface area contributed by atoms with Gasteiger partial charge < -0.3 is 10.4 Å². The van der Waals surface area contributed by atoms with Crippen molar-refractivity contribution in [1.82, 2.24) is 5.32 Å². The number of Topliss-reactive ketones (excluding diaryl/α,β-unsaturated/α-hetero) is 1. The monoisotopic (exact) mass is 384 g/mol. The third kappa shape index (κ3) is 5.16. The van der Waals surface area contributed by atoms with Gasteiger partial charge in [-0.25, -0.2) is 4.85 Å². The first-order valence-electron chi connectivity index (χ1n) is 8.54. The van der Waals surface area contributed by atoms with Gasteiger partial charge in [0.15, 0.2) is 5.78 Å². The highest BCUT2D eigenvalue weighted by Gasteiger charge is 2.25. The maximum Gasteiger partial charge on any atom is 0.226 e. The van der Waals surface area contributed by atoms with E-state index in [0.717, 1.165) is 5.56 Å². The minimum absolute atomic E-state index is 0.136. The molecule has 140 valence electrons. The van der Waals surface area contributed by atoms with Crippen LogP contribution in [0.2, 0.25) is 5.02 Å². The normalized spacial score (nSPS) is 12.7. The molecule has 6 heteroatoms. The standard InChI is InChI=1S/C21H21ClN2O3/c1-13-16(9-10-18(23-3)20(13)22)11-17(14(2)25)21(27)24-12-19(26)15-7-5-4-6-8-15/h4-10,14,17,25H,11-12H2,1-2H3,(H,24,27)/t14-,17-/m1/s1. The second kappa shape index (κ2) is 9.31. The number of nitrogens with one attached hydrogen (secondary N) is 1. The molecule has 0 spiro atoms. The number of carbonyl (C=O) groups excluding carboxylic acids is 2. The zero-order valence-electron chi connectivity index (χ0n) is 15.2. The number of hydrogen-bond donors (Lipinski definition) is 2. The van der Waals surface area contributed by atoms with Gasteiger partial charge in [-0.1, -0.05) is 54.1 Å². The van der Waals surface area contributed by atoms with Crippen molar-refractivity contribution in [2.24, 2.45) is 5.92 Å². The van der Waals surface area contributed by atoms with Gasteiger partial charge in [0.2, 0.25) is 11.6 Å². The molecule has 2 aromatic rings. The van der Waals surface area contributed by atoms with Crippen LogP contribution in [-0.2, 0) is 11.2 Å². The van der Waals surface area contributed by atoms with E-state index in [4.69, 9.17) is 18.2 Å². The van der Waals surface area contributed by atoms with Gasteiger partial charge in [-0.2, -0.15) is 0 Å². The summed E-state index contributed by atoms with van der Waals surface area (Å²) in [6.45, 7) is 10.3. The van der Waals surface area contributed by atoms with Crippen molar-refractivity contribution < 1.29 is 14.7 Å². The summed E-state index contributed by atoms with van der Waals surface area (Å²) in [5.41, 5.74) is 2.36. The van der Waals surface area contributed by atoms with Gasteiger partial charge in [0.1, 0.15) is 0 Å². The highest BCUT2D eigenvalue weighted by Crippen LogP contribution is 2.31. The predicted molar refractivity (Wildman–Crippen MR) is 105 cm³/mol. The second-order valence-corrected chi connectivity index (χ2v) is 6.73. The Hall–Kier alpha value is -2.68. The summed E-state index contributed by atoms with van der Waals surface area (Å²) in [5.74, 6) is -1.34. The third-order valence-electron chi connectivity index (χ3n) is 4.48. The van der Waals surface area contributed by atoms with Crippen LogP contribution in [0.3, 0.4) is 0 Å². The average Bonchev–Trinajstić information content (AvgIpc) is 2.67. The van der Waals surface area contributed by atoms with E-state index in [9.17, 15) is 14.7 Å². The number of benzene rings is 2. The molecule has 0 aliphatic rings. The van der Waals surface area contributed by atoms with Crippen molar-refractivity contribution >= 4 is 29.0 Å². The summed E-state index contributed by atoms with van der Waals surface area (Å²) in [7, 11) is 0. The van der Waals surface area contributed by atoms with Gasteiger partial charge in [0.05, 0.1) is 30.2 Å². The van der Waals surface area contributed by atoms with E-state index in [-0.39, 0.29) is 18.7 Å². The molecular weight excluding hydrogens is 364 g/mol. The molecule has 1 amide bonds. The molecule has 0 fully saturated rings. The number of rotatable bonds is 7. The quantitative estimate of drug-likeness (QED) is 0.564. The predicted octanol–water partition coefficient (Wildman–Crippen LogP) is 3.74. The summed E-state index contributed by atoms with van der Waals surface area (Å²) in [5, 5.41) is 13.0. The van der Waals surface area contributed by atoms with Crippen LogP contribution in [-0.4, -0.2) is 29.4 Å². The number of carbonyl (C=O) groups is 2. The van der Waals surface area contributed by atoms with Gasteiger partial charge in [-0.15, -0.1) is 0 Å². The Balaban J connectivity index is 2.09. The number of nitrogens with zero attached hydrogens (tertiary/aromatic N) is 1. The highest BCUT2D eigenvalue weighted by atomic mass is 35.5. The first-order valence-corrected chi connectivity index (χ1v) is 8.92. The van der Waals surface area contributed by atoms with E-state index < -0.39 is 17.9 Å². The molecule has 0 saturated carbocycles. The summed E-state index contributed by atoms with van der Waals surface area (Å²) >= 11 is 6.19. The Kier molecular flexibility index (Phi) is 7.12. The molecule has 0 heterocycles. The van der Waals surface area contributed by atoms with Crippen molar-refractivity contribution in [3.05, 3.63) is 75.6 Å². The van der Waals surface area contributed by atoms with Crippen molar-refractivity contribution in [2.75, 3.05) is 6.54 Å². The molecule has 2 rings (SSSR count). The van der Waals surface area contributed by atoms with E-state index in [1.54, 1.807) is 43.3 Å². The van der Waals surface area contributed by atoms with E-state index in [2.05, 4.69) is 10.2 Å². The van der Waals surface area contributed by atoms with Gasteiger partial charge in [-0.05, 0) is 31.4 Å². The van der Waals surface area contributed by atoms with Crippen molar-refractivity contribution in [3.63, 3.8) is 0 Å². The minimum Gasteiger partial charge on any atom is -0.393 e. The van der Waals surface area contributed by atoms with Gasteiger partial charge in [0.25, 0.3) is 0 Å². The first kappa shape index (κ1) is 20.6. The minimum atomic E-state index is -0.907. The maximum absolute atomic E-state index is 12.5. The average molecular weight is 385 g/mol. The van der Waals surface area contributed by atoms with Crippen LogP contribution in [0.5, 0.6) is 0 Å². The van der Waals surface area contributed by atoms with E-state index in [1.807, 2.05) is 6.07 Å². The Morgan fingerprint density at radius 1 is 1.22 bits per heavy atom. The molecule has 0 bridgehead atoms. The molecule has 0 aliphatic carbocycles. The fourth-order valence-corrected chi connectivity index (χ4v) is 2.99. The lowest BCUT2D eigenvalue weighted by Crippen LogP contribution is -2.40. The number of halogens is 1. The zero-order chi connectivity index (χ0) is 20.0. The number of aliphatic hydroxyl groups excluding tert-OH is 1. The molecule has 2 aromatic carbocycles. The van der Waals surface area contributed by atoms with Crippen LogP contribution < -0.4 is 5.32 Å². The molecule has 0 aromatic heterocycles. The highest BCUT2D eigenvalue weighted by molar-refractivity contribution is 6.34. The number of hydrogen-bond acceptors (Lipinski definition) is 3. The lowest BCUT2D eigenvalue weighted by molar-refractivity contribution is -0.127. The molecule has 27 heavy (non-hydrogen) atoms. The molecule has 2 N–H and O–H groups in total. The molecule has 5 nitrogen and oxygen atoms in total. The molecule has 0 aliphatic heterocycles. The van der Waals surface area contributed by atoms with E-state index in [1.165, 1.54) is 6.92 Å². The second-order valence-electron chi connectivity index (χ2n) is 6.35. The number of ketones is 1. The summed E-state index contributed by atoms with van der Waals surface area (Å²) < 4.78 is 0. The van der Waals surface area contributed by atoms with Crippen LogP contribution in [0, 0.1) is 19.4 Å². The number of amides is 1. The van der Waals surface area contributed by atoms with Crippen molar-refractivity contribution in [3.8, 4) is 0 Å². The largest absolute Gasteiger partial charge is 0.393 e. The summed E-state index contributed by atoms with van der Waals surface area (Å²) in [6.07, 6.45) is -0.650. The zero-order valence-corrected chi connectivity index (χ0v) is 16.0. The first-order chi connectivity index (χ1) is 12.8. The SMILES string of the molecule is [C-]#[N+]c1ccc(C[C@@H](C(=O)NCC(=O)c2ccccc2)[C@@H](C)O)c(C)c1Cl. The Morgan fingerprint density at radius 3 is 2.48 bits per heavy atom. The van der Waals surface area contributed by atoms with Crippen LogP contribution in [0.4, 0.5) is 5.69 Å². The van der Waals surface area contributed by atoms with Gasteiger partial charge in [0, 0.05) is 5.56 Å². The van der Waals surface area contributed by atoms with Crippen molar-refractivity contribution in [2.45, 2.75) is 26.4 Å². The Bertz CT molecular complexity index is 873. The van der Waals surface area contributed by atoms with Crippen LogP contribution in [0.1, 0.15) is 28.4 Å². The number of aliphatic hydroxyl groups is 1. The smallest absolute Gasteiger partial charge is 0.226 e. The molecule has 2 atom stereocenters. The van der Waals surface area contributed by atoms with E-state index in [0.29, 0.717) is 21.8 Å². The summed E-state index contributed by atoms with van der Waals surface area (Å²) in [4.78, 5) is 28.0. The molecule has 0 unspecified atom stereocenters. The Morgan fingerprint density at radius 2 is 1.89 bits per heavy atom. The van der Waals surface area contributed by atoms with Crippen LogP contribution in [0.25, 0.3) is 4.85 Å². The van der Waals surface area contributed by atoms with Crippen molar-refractivity contribution in [1.29, 1.82) is 0 Å². The fraction of sp³-hybridized carbons (Fsp3) is 0.286. The van der Waals surface area contributed by atoms with Gasteiger partial charge >= 0.3 is 0 Å². The molecule has 0 saturated heterocycles. The van der Waals surface area contributed by atoms with Crippen LogP contribution >= 0.6 is 11.6 Å². The third-order valence-corrected chi connectivity index (χ3v) is 4.95. The molecule has 0 radical (unpaired) electrons. The van der Waals surface area contributed by atoms with Crippen LogP contribution in [0.15, 0.2) is 42.5 Å². The van der Waals surface area contributed by atoms with E-state index >= 15 is 0 Å². The topological polar surface area (TPSA) is 70.8 Å². The lowest BCUT2D eigenvalue weighted by Gasteiger charge is -2.21. The Labute approximate surface area is 163 Å². The fourth-order valence-electron chi connectivity index (χ4n) is 2.76. The molecular formula is C21H21ClN2O3. The van der Waals surface area contributed by atoms with Gasteiger partial charge in [-0.3, -0.25) is 9.59 Å². The maximum atomic E-state index is 12.5.